The number of likely N-dealkylation sites (tertiary alicyclic amines) is 2. The van der Waals surface area contributed by atoms with E-state index in [1.165, 1.54) is 19.3 Å². The largest absolute Gasteiger partial charge is 0.286 e. The molecule has 1 saturated carbocycles. The van der Waals surface area contributed by atoms with Crippen molar-refractivity contribution in [3.63, 3.8) is 0 Å². The van der Waals surface area contributed by atoms with Crippen LogP contribution in [0.15, 0.2) is 0 Å². The Hall–Kier alpha value is -0.900. The normalized spacial score (nSPS) is 37.5. The predicted molar refractivity (Wildman–Crippen MR) is 76.8 cm³/mol. The highest BCUT2D eigenvalue weighted by atomic mass is 16.2. The molecule has 0 spiro atoms. The van der Waals surface area contributed by atoms with Gasteiger partial charge in [-0.2, -0.15) is 0 Å². The number of hydrogen-bond acceptors (Lipinski definition) is 3. The lowest BCUT2D eigenvalue weighted by atomic mass is 9.62. The Morgan fingerprint density at radius 2 is 1.75 bits per heavy atom. The second kappa shape index (κ2) is 4.55. The smallest absolute Gasteiger partial charge is 0.236 e. The van der Waals surface area contributed by atoms with Crippen LogP contribution >= 0.6 is 0 Å². The van der Waals surface area contributed by atoms with Gasteiger partial charge in [0.05, 0.1) is 12.1 Å². The average Bonchev–Trinajstić information content (AvgIpc) is 2.61. The van der Waals surface area contributed by atoms with Gasteiger partial charge < -0.3 is 0 Å². The van der Waals surface area contributed by atoms with Crippen LogP contribution in [0.4, 0.5) is 0 Å². The molecule has 2 amide bonds. The van der Waals surface area contributed by atoms with E-state index in [0.29, 0.717) is 6.67 Å². The molecule has 0 unspecified atom stereocenters. The lowest BCUT2D eigenvalue weighted by Crippen LogP contribution is -2.61. The first-order valence-electron chi connectivity index (χ1n) is 7.96. The molecular formula is C16H26N2O2. The lowest BCUT2D eigenvalue weighted by molar-refractivity contribution is -0.170. The first kappa shape index (κ1) is 14.1. The molecule has 3 fully saturated rings. The number of piperidine rings is 2. The summed E-state index contributed by atoms with van der Waals surface area (Å²) in [6.45, 7) is 8.80. The standard InChI is InChI=1S/C16H26N2O2/c1-15(2)12-7-8-16(15,3)14(20)18(13(12)19)11-17-9-5-4-6-10-17/h12H,4-11H2,1-3H3/t12-,16-/m0/s1. The molecule has 2 aliphatic heterocycles. The molecule has 0 radical (unpaired) electrons. The van der Waals surface area contributed by atoms with Gasteiger partial charge in [0, 0.05) is 5.92 Å². The van der Waals surface area contributed by atoms with Crippen LogP contribution in [0, 0.1) is 16.7 Å². The van der Waals surface area contributed by atoms with E-state index >= 15 is 0 Å². The van der Waals surface area contributed by atoms with Gasteiger partial charge in [0.15, 0.2) is 0 Å². The van der Waals surface area contributed by atoms with E-state index in [-0.39, 0.29) is 28.6 Å². The first-order chi connectivity index (χ1) is 9.38. The van der Waals surface area contributed by atoms with Crippen molar-refractivity contribution < 1.29 is 9.59 Å². The molecule has 2 saturated heterocycles. The number of rotatable bonds is 2. The molecule has 0 aromatic rings. The maximum atomic E-state index is 12.9. The summed E-state index contributed by atoms with van der Waals surface area (Å²) >= 11 is 0. The minimum absolute atomic E-state index is 0.0231. The molecule has 0 aromatic carbocycles. The van der Waals surface area contributed by atoms with Crippen molar-refractivity contribution in [3.8, 4) is 0 Å². The first-order valence-corrected chi connectivity index (χ1v) is 7.96. The number of nitrogens with zero attached hydrogens (tertiary/aromatic N) is 2. The summed E-state index contributed by atoms with van der Waals surface area (Å²) in [5.74, 6) is 0.155. The van der Waals surface area contributed by atoms with Crippen molar-refractivity contribution in [3.05, 3.63) is 0 Å². The van der Waals surface area contributed by atoms with Crippen molar-refractivity contribution in [2.24, 2.45) is 16.7 Å². The number of carbonyl (C=O) groups is 2. The molecule has 4 nitrogen and oxygen atoms in total. The summed E-state index contributed by atoms with van der Waals surface area (Å²) < 4.78 is 0. The minimum Gasteiger partial charge on any atom is -0.286 e. The van der Waals surface area contributed by atoms with Gasteiger partial charge >= 0.3 is 0 Å². The van der Waals surface area contributed by atoms with Gasteiger partial charge in [-0.15, -0.1) is 0 Å². The van der Waals surface area contributed by atoms with E-state index in [1.54, 1.807) is 4.90 Å². The fraction of sp³-hybridized carbons (Fsp3) is 0.875. The third kappa shape index (κ3) is 1.77. The topological polar surface area (TPSA) is 40.6 Å². The highest BCUT2D eigenvalue weighted by molar-refractivity contribution is 6.03. The van der Waals surface area contributed by atoms with Gasteiger partial charge in [-0.25, -0.2) is 0 Å². The molecule has 2 heterocycles. The van der Waals surface area contributed by atoms with Crippen LogP contribution in [0.2, 0.25) is 0 Å². The summed E-state index contributed by atoms with van der Waals surface area (Å²) in [6, 6.07) is 0. The number of hydrogen-bond donors (Lipinski definition) is 0. The second-order valence-corrected chi connectivity index (χ2v) is 7.54. The molecule has 112 valence electrons. The third-order valence-electron chi connectivity index (χ3n) is 6.30. The molecule has 1 aliphatic carbocycles. The van der Waals surface area contributed by atoms with Crippen molar-refractivity contribution in [1.82, 2.24) is 9.80 Å². The summed E-state index contributed by atoms with van der Waals surface area (Å²) in [4.78, 5) is 29.4. The molecule has 3 rings (SSSR count). The van der Waals surface area contributed by atoms with E-state index in [9.17, 15) is 9.59 Å². The summed E-state index contributed by atoms with van der Waals surface area (Å²) in [5, 5.41) is 0. The van der Waals surface area contributed by atoms with Crippen LogP contribution in [0.25, 0.3) is 0 Å². The highest BCUT2D eigenvalue weighted by Gasteiger charge is 2.64. The van der Waals surface area contributed by atoms with E-state index in [4.69, 9.17) is 0 Å². The van der Waals surface area contributed by atoms with E-state index < -0.39 is 0 Å². The van der Waals surface area contributed by atoms with Crippen molar-refractivity contribution in [1.29, 1.82) is 0 Å². The maximum Gasteiger partial charge on any atom is 0.236 e. The molecule has 0 aromatic heterocycles. The number of imide groups is 1. The minimum atomic E-state index is -0.360. The zero-order valence-corrected chi connectivity index (χ0v) is 12.9. The predicted octanol–water partition coefficient (Wildman–Crippen LogP) is 2.24. The Morgan fingerprint density at radius 3 is 2.40 bits per heavy atom. The van der Waals surface area contributed by atoms with Crippen LogP contribution < -0.4 is 0 Å². The summed E-state index contributed by atoms with van der Waals surface area (Å²) in [5.41, 5.74) is -0.555. The third-order valence-corrected chi connectivity index (χ3v) is 6.30. The summed E-state index contributed by atoms with van der Waals surface area (Å²) in [7, 11) is 0. The van der Waals surface area contributed by atoms with Crippen molar-refractivity contribution >= 4 is 11.8 Å². The molecule has 3 aliphatic rings. The molecule has 4 heteroatoms. The quantitative estimate of drug-likeness (QED) is 0.727. The van der Waals surface area contributed by atoms with Gasteiger partial charge in [-0.3, -0.25) is 19.4 Å². The van der Waals surface area contributed by atoms with Gasteiger partial charge in [0.1, 0.15) is 0 Å². The molecule has 20 heavy (non-hydrogen) atoms. The van der Waals surface area contributed by atoms with Crippen molar-refractivity contribution in [2.75, 3.05) is 19.8 Å². The number of amides is 2. The fourth-order valence-electron chi connectivity index (χ4n) is 4.34. The highest BCUT2D eigenvalue weighted by Crippen LogP contribution is 2.60. The second-order valence-electron chi connectivity index (χ2n) is 7.54. The van der Waals surface area contributed by atoms with E-state index in [0.717, 1.165) is 25.9 Å². The van der Waals surface area contributed by atoms with Crippen LogP contribution in [-0.4, -0.2) is 41.4 Å². The van der Waals surface area contributed by atoms with Crippen molar-refractivity contribution in [2.45, 2.75) is 52.9 Å². The zero-order valence-electron chi connectivity index (χ0n) is 12.9. The number of carbonyl (C=O) groups excluding carboxylic acids is 2. The van der Waals surface area contributed by atoms with Crippen LogP contribution in [0.5, 0.6) is 0 Å². The summed E-state index contributed by atoms with van der Waals surface area (Å²) in [6.07, 6.45) is 5.35. The molecule has 2 bridgehead atoms. The Morgan fingerprint density at radius 1 is 1.10 bits per heavy atom. The fourth-order valence-corrected chi connectivity index (χ4v) is 4.34. The lowest BCUT2D eigenvalue weighted by Gasteiger charge is -2.48. The van der Waals surface area contributed by atoms with Gasteiger partial charge in [0.25, 0.3) is 0 Å². The monoisotopic (exact) mass is 278 g/mol. The molecule has 0 N–H and O–H groups in total. The Balaban J connectivity index is 1.83. The zero-order chi connectivity index (χ0) is 14.5. The van der Waals surface area contributed by atoms with Gasteiger partial charge in [-0.1, -0.05) is 27.2 Å². The average molecular weight is 278 g/mol. The Kier molecular flexibility index (Phi) is 3.20. The Labute approximate surface area is 121 Å². The number of fused-ring (bicyclic) bond motifs is 2. The maximum absolute atomic E-state index is 12.9. The molecule has 2 atom stereocenters. The molecular weight excluding hydrogens is 252 g/mol. The SMILES string of the molecule is CC1(C)[C@H]2CC[C@@]1(C)C(=O)N(CN1CCCCC1)C2=O. The van der Waals surface area contributed by atoms with Gasteiger partial charge in [-0.05, 0) is 44.2 Å². The van der Waals surface area contributed by atoms with E-state index in [2.05, 4.69) is 25.7 Å². The van der Waals surface area contributed by atoms with Crippen LogP contribution in [0.1, 0.15) is 52.9 Å². The van der Waals surface area contributed by atoms with E-state index in [1.807, 2.05) is 0 Å². The van der Waals surface area contributed by atoms with Crippen LogP contribution in [0.3, 0.4) is 0 Å². The van der Waals surface area contributed by atoms with Crippen LogP contribution in [-0.2, 0) is 9.59 Å². The van der Waals surface area contributed by atoms with Gasteiger partial charge in [0.2, 0.25) is 11.8 Å². The Bertz CT molecular complexity index is 440.